The summed E-state index contributed by atoms with van der Waals surface area (Å²) in [5.41, 5.74) is 0. The zero-order valence-electron chi connectivity index (χ0n) is 22.1. The fourth-order valence-corrected chi connectivity index (χ4v) is 4.66. The summed E-state index contributed by atoms with van der Waals surface area (Å²) in [4.78, 5) is 12.0. The van der Waals surface area contributed by atoms with Gasteiger partial charge >= 0.3 is 0 Å². The number of unbranched alkanes of at least 4 members (excludes halogenated alkanes) is 15. The fraction of sp³-hybridized carbons (Fsp3) is 0.889. The van der Waals surface area contributed by atoms with E-state index in [9.17, 15) is 17.8 Å². The molecule has 0 bridgehead atoms. The molecule has 0 fully saturated rings. The van der Waals surface area contributed by atoms with Crippen molar-refractivity contribution in [2.45, 2.75) is 116 Å². The molecule has 0 rings (SSSR count). The number of terminal acetylenes is 1. The molecule has 1 amide bonds. The van der Waals surface area contributed by atoms with E-state index in [1.54, 1.807) is 0 Å². The topological polar surface area (TPSA) is 86.3 Å². The first-order valence-electron chi connectivity index (χ1n) is 13.6. The summed E-state index contributed by atoms with van der Waals surface area (Å²) in [6.07, 6.45) is 26.3. The van der Waals surface area contributed by atoms with Gasteiger partial charge in [-0.2, -0.15) is 0 Å². The van der Waals surface area contributed by atoms with Crippen LogP contribution in [-0.2, 0) is 14.9 Å². The highest BCUT2D eigenvalue weighted by atomic mass is 32.2. The lowest BCUT2D eigenvalue weighted by Crippen LogP contribution is -2.46. The van der Waals surface area contributed by atoms with Crippen molar-refractivity contribution in [2.75, 3.05) is 39.5 Å². The smallest absolute Gasteiger partial charge is 0.220 e. The van der Waals surface area contributed by atoms with E-state index in [1.807, 2.05) is 14.1 Å². The van der Waals surface area contributed by atoms with Crippen LogP contribution in [0.4, 0.5) is 0 Å². The van der Waals surface area contributed by atoms with Gasteiger partial charge < -0.3 is 14.4 Å². The average Bonchev–Trinajstić information content (AvgIpc) is 2.74. The third-order valence-corrected chi connectivity index (χ3v) is 7.21. The van der Waals surface area contributed by atoms with Crippen LogP contribution in [0, 0.1) is 12.3 Å². The highest BCUT2D eigenvalue weighted by molar-refractivity contribution is 7.85. The Balaban J connectivity index is 3.39. The molecule has 0 aliphatic rings. The number of carbonyl (C=O) groups excluding carboxylic acids is 1. The van der Waals surface area contributed by atoms with Gasteiger partial charge in [0.1, 0.15) is 0 Å². The Bertz CT molecular complexity index is 642. The van der Waals surface area contributed by atoms with Gasteiger partial charge in [0.2, 0.25) is 5.91 Å². The van der Waals surface area contributed by atoms with Gasteiger partial charge in [-0.1, -0.05) is 83.5 Å². The zero-order chi connectivity index (χ0) is 25.5. The molecule has 0 radical (unpaired) electrons. The van der Waals surface area contributed by atoms with Crippen LogP contribution >= 0.6 is 0 Å². The van der Waals surface area contributed by atoms with Crippen molar-refractivity contribution in [2.24, 2.45) is 0 Å². The number of hydrogen-bond donors (Lipinski definition) is 1. The Labute approximate surface area is 211 Å². The van der Waals surface area contributed by atoms with Gasteiger partial charge in [-0.25, -0.2) is 8.42 Å². The Morgan fingerprint density at radius 1 is 0.765 bits per heavy atom. The first kappa shape index (κ1) is 32.9. The average molecular weight is 501 g/mol. The quantitative estimate of drug-likeness (QED) is 0.0834. The molecule has 0 aromatic heterocycles. The van der Waals surface area contributed by atoms with Crippen LogP contribution in [0.15, 0.2) is 0 Å². The largest absolute Gasteiger partial charge is 0.748 e. The molecular formula is C27H52N2O4S. The Hall–Kier alpha value is -1.10. The summed E-state index contributed by atoms with van der Waals surface area (Å²) < 4.78 is 32.7. The molecule has 0 spiro atoms. The van der Waals surface area contributed by atoms with Crippen molar-refractivity contribution in [1.82, 2.24) is 5.32 Å². The van der Waals surface area contributed by atoms with Crippen molar-refractivity contribution >= 4 is 16.0 Å². The SMILES string of the molecule is C#CCCCCCCCCCCCCCCCCCC(=O)NCC[N+](C)(C)CCCS(=O)(=O)[O-]. The van der Waals surface area contributed by atoms with Gasteiger partial charge in [-0.05, 0) is 12.8 Å². The van der Waals surface area contributed by atoms with E-state index in [4.69, 9.17) is 6.42 Å². The van der Waals surface area contributed by atoms with E-state index in [1.165, 1.54) is 83.5 Å². The predicted molar refractivity (Wildman–Crippen MR) is 141 cm³/mol. The highest BCUT2D eigenvalue weighted by Crippen LogP contribution is 2.14. The summed E-state index contributed by atoms with van der Waals surface area (Å²) in [7, 11) is -0.182. The van der Waals surface area contributed by atoms with Gasteiger partial charge in [0.15, 0.2) is 0 Å². The third-order valence-electron chi connectivity index (χ3n) is 6.42. The van der Waals surface area contributed by atoms with Crippen molar-refractivity contribution < 1.29 is 22.2 Å². The molecule has 0 aromatic rings. The number of amides is 1. The lowest BCUT2D eigenvalue weighted by atomic mass is 10.0. The lowest BCUT2D eigenvalue weighted by Gasteiger charge is -2.30. The minimum absolute atomic E-state index is 0.0923. The molecule has 0 aromatic carbocycles. The van der Waals surface area contributed by atoms with Crippen molar-refractivity contribution in [3.05, 3.63) is 0 Å². The molecule has 34 heavy (non-hydrogen) atoms. The zero-order valence-corrected chi connectivity index (χ0v) is 22.9. The second kappa shape index (κ2) is 21.2. The molecule has 0 atom stereocenters. The molecule has 0 aliphatic carbocycles. The number of nitrogens with zero attached hydrogens (tertiary/aromatic N) is 1. The Morgan fingerprint density at radius 3 is 1.65 bits per heavy atom. The van der Waals surface area contributed by atoms with E-state index >= 15 is 0 Å². The van der Waals surface area contributed by atoms with E-state index in [0.717, 1.165) is 25.8 Å². The number of likely N-dealkylation sites (N-methyl/N-ethyl adjacent to an activating group) is 1. The van der Waals surface area contributed by atoms with E-state index in [2.05, 4.69) is 11.2 Å². The minimum atomic E-state index is -4.14. The number of carbonyl (C=O) groups is 1. The molecule has 0 unspecified atom stereocenters. The van der Waals surface area contributed by atoms with Gasteiger partial charge in [0.25, 0.3) is 0 Å². The van der Waals surface area contributed by atoms with Gasteiger partial charge in [-0.3, -0.25) is 4.79 Å². The van der Waals surface area contributed by atoms with Crippen molar-refractivity contribution in [3.63, 3.8) is 0 Å². The number of nitrogens with one attached hydrogen (secondary N) is 1. The van der Waals surface area contributed by atoms with Crippen LogP contribution in [0.2, 0.25) is 0 Å². The fourth-order valence-electron chi connectivity index (χ4n) is 4.18. The van der Waals surface area contributed by atoms with Crippen molar-refractivity contribution in [3.8, 4) is 12.3 Å². The maximum atomic E-state index is 12.0. The van der Waals surface area contributed by atoms with E-state index in [-0.39, 0.29) is 11.7 Å². The molecule has 0 heterocycles. The van der Waals surface area contributed by atoms with Crippen LogP contribution in [0.3, 0.4) is 0 Å². The predicted octanol–water partition coefficient (Wildman–Crippen LogP) is 5.38. The highest BCUT2D eigenvalue weighted by Gasteiger charge is 2.15. The third kappa shape index (κ3) is 25.5. The summed E-state index contributed by atoms with van der Waals surface area (Å²) >= 11 is 0. The molecule has 1 N–H and O–H groups in total. The summed E-state index contributed by atoms with van der Waals surface area (Å²) in [6.45, 7) is 1.89. The molecule has 6 nitrogen and oxygen atoms in total. The maximum absolute atomic E-state index is 12.0. The molecular weight excluding hydrogens is 448 g/mol. The van der Waals surface area contributed by atoms with Gasteiger partial charge in [-0.15, -0.1) is 12.3 Å². The monoisotopic (exact) mass is 500 g/mol. The lowest BCUT2D eigenvalue weighted by molar-refractivity contribution is -0.889. The Kier molecular flexibility index (Phi) is 20.5. The molecule has 0 aliphatic heterocycles. The summed E-state index contributed by atoms with van der Waals surface area (Å²) in [5, 5.41) is 2.96. The second-order valence-electron chi connectivity index (χ2n) is 10.4. The summed E-state index contributed by atoms with van der Waals surface area (Å²) in [6, 6.07) is 0. The van der Waals surface area contributed by atoms with Crippen LogP contribution < -0.4 is 5.32 Å². The van der Waals surface area contributed by atoms with Gasteiger partial charge in [0.05, 0.1) is 43.8 Å². The second-order valence-corrected chi connectivity index (χ2v) is 11.9. The van der Waals surface area contributed by atoms with Crippen LogP contribution in [0.1, 0.15) is 116 Å². The number of hydrogen-bond acceptors (Lipinski definition) is 4. The molecule has 0 saturated carbocycles. The molecule has 7 heteroatoms. The van der Waals surface area contributed by atoms with Crippen molar-refractivity contribution in [1.29, 1.82) is 0 Å². The standard InChI is InChI=1S/C27H52N2O4S/c1-4-5-6-7-8-9-10-11-12-13-14-15-16-17-18-19-20-22-27(30)28-23-25-29(2,3)24-21-26-34(31,32)33/h1H,5-26H2,2-3H3,(H-,28,30,31,32,33). The van der Waals surface area contributed by atoms with E-state index < -0.39 is 10.1 Å². The van der Waals surface area contributed by atoms with Crippen LogP contribution in [0.5, 0.6) is 0 Å². The molecule has 200 valence electrons. The number of rotatable bonds is 24. The van der Waals surface area contributed by atoms with Gasteiger partial charge in [0, 0.05) is 25.0 Å². The van der Waals surface area contributed by atoms with Crippen LogP contribution in [-0.4, -0.2) is 62.8 Å². The normalized spacial score (nSPS) is 11.9. The van der Waals surface area contributed by atoms with E-state index in [0.29, 0.717) is 30.4 Å². The maximum Gasteiger partial charge on any atom is 0.220 e. The Morgan fingerprint density at radius 2 is 1.21 bits per heavy atom. The molecule has 0 saturated heterocycles. The summed E-state index contributed by atoms with van der Waals surface area (Å²) in [5.74, 6) is 2.47. The first-order valence-corrected chi connectivity index (χ1v) is 15.2. The first-order chi connectivity index (χ1) is 16.2. The minimum Gasteiger partial charge on any atom is -0.748 e. The number of quaternary nitrogens is 1. The van der Waals surface area contributed by atoms with Crippen LogP contribution in [0.25, 0.3) is 0 Å².